The number of hydrogen-bond acceptors (Lipinski definition) is 0. The van der Waals surface area contributed by atoms with Crippen LogP contribution in [0, 0.1) is 11.8 Å². The van der Waals surface area contributed by atoms with Crippen molar-refractivity contribution >= 4 is 14.5 Å². The molecule has 0 N–H and O–H groups in total. The maximum Gasteiger partial charge on any atom is -0.0303 e. The number of benzene rings is 1. The summed E-state index contributed by atoms with van der Waals surface area (Å²) in [7, 11) is 2.63. The van der Waals surface area contributed by atoms with Crippen molar-refractivity contribution in [1.82, 2.24) is 0 Å². The summed E-state index contributed by atoms with van der Waals surface area (Å²) in [6, 6.07) is 10.1. The Hall–Kier alpha value is -0.350. The normalized spacial score (nSPS) is 22.0. The highest BCUT2D eigenvalue weighted by molar-refractivity contribution is 7.27. The highest BCUT2D eigenvalue weighted by atomic mass is 31.0. The fourth-order valence-corrected chi connectivity index (χ4v) is 4.59. The first-order chi connectivity index (χ1) is 11.4. The Morgan fingerprint density at radius 3 is 1.17 bits per heavy atom. The van der Waals surface area contributed by atoms with Crippen molar-refractivity contribution in [3.05, 3.63) is 30.3 Å². The first-order valence-corrected chi connectivity index (χ1v) is 10.7. The van der Waals surface area contributed by atoms with Gasteiger partial charge in [0.2, 0.25) is 0 Å². The maximum absolute atomic E-state index is 2.63. The zero-order valence-corrected chi connectivity index (χ0v) is 16.2. The van der Waals surface area contributed by atoms with E-state index in [1.165, 1.54) is 69.5 Å². The molecule has 2 aliphatic rings. The molecule has 1 aromatic carbocycles. The molecule has 0 radical (unpaired) electrons. The molecule has 0 bridgehead atoms. The van der Waals surface area contributed by atoms with Crippen LogP contribution in [0.1, 0.15) is 89.9 Å². The van der Waals surface area contributed by atoms with Crippen molar-refractivity contribution in [2.75, 3.05) is 0 Å². The minimum Gasteiger partial charge on any atom is -0.106 e. The summed E-state index contributed by atoms with van der Waals surface area (Å²) in [5.74, 6) is 2.22. The van der Waals surface area contributed by atoms with E-state index in [9.17, 15) is 0 Å². The second kappa shape index (κ2) is 12.1. The van der Waals surface area contributed by atoms with Crippen molar-refractivity contribution in [2.45, 2.75) is 89.9 Å². The summed E-state index contributed by atoms with van der Waals surface area (Å²) in [6.07, 6.45) is 21.4. The van der Waals surface area contributed by atoms with E-state index in [0.29, 0.717) is 0 Å². The van der Waals surface area contributed by atoms with Crippen molar-refractivity contribution < 1.29 is 0 Å². The zero-order chi connectivity index (χ0) is 16.2. The molecule has 2 saturated carbocycles. The van der Waals surface area contributed by atoms with Crippen LogP contribution in [0.15, 0.2) is 30.3 Å². The minimum absolute atomic E-state index is 1.11. The first-order valence-electron chi connectivity index (χ1n) is 10.2. The van der Waals surface area contributed by atoms with Gasteiger partial charge >= 0.3 is 0 Å². The van der Waals surface area contributed by atoms with Crippen LogP contribution in [0.4, 0.5) is 0 Å². The lowest BCUT2D eigenvalue weighted by molar-refractivity contribution is 0.221. The van der Waals surface area contributed by atoms with Gasteiger partial charge in [-0.25, -0.2) is 0 Å². The van der Waals surface area contributed by atoms with Gasteiger partial charge < -0.3 is 0 Å². The smallest absolute Gasteiger partial charge is 0.0303 e. The Bertz CT molecular complexity index is 350. The second-order valence-corrected chi connectivity index (χ2v) is 8.29. The molecule has 0 heterocycles. The highest BCUT2D eigenvalue weighted by Crippen LogP contribution is 2.35. The molecule has 0 aromatic heterocycles. The quantitative estimate of drug-likeness (QED) is 0.491. The Morgan fingerprint density at radius 1 is 0.522 bits per heavy atom. The van der Waals surface area contributed by atoms with Gasteiger partial charge in [0.05, 0.1) is 0 Å². The van der Waals surface area contributed by atoms with Gasteiger partial charge in [0.25, 0.3) is 0 Å². The van der Waals surface area contributed by atoms with Gasteiger partial charge in [-0.1, -0.05) is 120 Å². The lowest BCUT2D eigenvalue weighted by Gasteiger charge is -2.30. The molecule has 130 valence electrons. The summed E-state index contributed by atoms with van der Waals surface area (Å²) < 4.78 is 0. The van der Waals surface area contributed by atoms with E-state index in [-0.39, 0.29) is 0 Å². The lowest BCUT2D eigenvalue weighted by atomic mass is 9.76. The van der Waals surface area contributed by atoms with E-state index >= 15 is 0 Å². The van der Waals surface area contributed by atoms with Gasteiger partial charge in [0.15, 0.2) is 0 Å². The highest BCUT2D eigenvalue weighted by Gasteiger charge is 2.22. The maximum atomic E-state index is 2.63. The molecule has 23 heavy (non-hydrogen) atoms. The fraction of sp³-hybridized carbons (Fsp3) is 0.727. The van der Waals surface area contributed by atoms with Gasteiger partial charge in [-0.05, 0) is 17.1 Å². The average molecular weight is 333 g/mol. The van der Waals surface area contributed by atoms with E-state index in [4.69, 9.17) is 0 Å². The van der Waals surface area contributed by atoms with Crippen molar-refractivity contribution in [2.24, 2.45) is 11.8 Å². The summed E-state index contributed by atoms with van der Waals surface area (Å²) in [5, 5.41) is 1.24. The average Bonchev–Trinajstić information content (AvgIpc) is 2.49. The van der Waals surface area contributed by atoms with Crippen LogP contribution in [-0.2, 0) is 0 Å². The molecule has 0 aliphatic heterocycles. The molecule has 2 aliphatic carbocycles. The van der Waals surface area contributed by atoms with Gasteiger partial charge in [0, 0.05) is 0 Å². The third kappa shape index (κ3) is 8.35. The Morgan fingerprint density at radius 2 is 0.870 bits per heavy atom. The molecule has 1 atom stereocenters. The van der Waals surface area contributed by atoms with Crippen molar-refractivity contribution in [1.29, 1.82) is 0 Å². The van der Waals surface area contributed by atoms with E-state index in [1.54, 1.807) is 25.7 Å². The molecular formula is C22H37P. The molecule has 0 nitrogen and oxygen atoms in total. The van der Waals surface area contributed by atoms with Crippen LogP contribution in [0.3, 0.4) is 0 Å². The van der Waals surface area contributed by atoms with Crippen LogP contribution in [-0.4, -0.2) is 0 Å². The number of hydrogen-bond donors (Lipinski definition) is 0. The van der Waals surface area contributed by atoms with Crippen LogP contribution in [0.2, 0.25) is 0 Å². The molecule has 3 rings (SSSR count). The van der Waals surface area contributed by atoms with Crippen molar-refractivity contribution in [3.63, 3.8) is 0 Å². The molecule has 0 amide bonds. The molecular weight excluding hydrogens is 295 g/mol. The molecule has 1 aromatic rings. The monoisotopic (exact) mass is 332 g/mol. The zero-order valence-electron chi connectivity index (χ0n) is 15.0. The minimum atomic E-state index is 1.11. The largest absolute Gasteiger partial charge is 0.106 e. The predicted molar refractivity (Wildman–Crippen MR) is 107 cm³/mol. The third-order valence-electron chi connectivity index (χ3n) is 5.77. The van der Waals surface area contributed by atoms with Gasteiger partial charge in [-0.2, -0.15) is 0 Å². The first kappa shape index (κ1) is 19.0. The summed E-state index contributed by atoms with van der Waals surface area (Å²) >= 11 is 0. The summed E-state index contributed by atoms with van der Waals surface area (Å²) in [5.41, 5.74) is 0. The van der Waals surface area contributed by atoms with Crippen molar-refractivity contribution in [3.8, 4) is 0 Å². The Balaban J connectivity index is 0.000000229. The second-order valence-electron chi connectivity index (χ2n) is 7.62. The summed E-state index contributed by atoms with van der Waals surface area (Å²) in [6.45, 7) is 0. The van der Waals surface area contributed by atoms with Crippen LogP contribution in [0.5, 0.6) is 0 Å². The SMILES string of the molecule is C1CCCC(C2CCCCCCC2)CCC1.Pc1ccccc1. The van der Waals surface area contributed by atoms with Crippen LogP contribution in [0.25, 0.3) is 0 Å². The van der Waals surface area contributed by atoms with Gasteiger partial charge in [0.1, 0.15) is 0 Å². The Labute approximate surface area is 147 Å². The van der Waals surface area contributed by atoms with E-state index in [2.05, 4.69) is 9.24 Å². The Kier molecular flexibility index (Phi) is 9.97. The molecule has 1 heteroatoms. The molecule has 2 fully saturated rings. The third-order valence-corrected chi connectivity index (χ3v) is 6.15. The van der Waals surface area contributed by atoms with Gasteiger partial charge in [-0.3, -0.25) is 0 Å². The lowest BCUT2D eigenvalue weighted by Crippen LogP contribution is -2.17. The topological polar surface area (TPSA) is 0 Å². The van der Waals surface area contributed by atoms with E-state index < -0.39 is 0 Å². The molecule has 0 spiro atoms. The molecule has 0 saturated heterocycles. The van der Waals surface area contributed by atoms with E-state index in [1.807, 2.05) is 30.3 Å². The van der Waals surface area contributed by atoms with E-state index in [0.717, 1.165) is 11.8 Å². The van der Waals surface area contributed by atoms with Crippen LogP contribution < -0.4 is 5.30 Å². The number of rotatable bonds is 1. The standard InChI is InChI=1S/C16H30.C6H7P/c1-3-7-11-15(12-8-4-1)16-13-9-5-2-6-10-14-16;7-6-4-2-1-3-5-6/h15-16H,1-14H2;1-5H,7H2. The summed E-state index contributed by atoms with van der Waals surface area (Å²) in [4.78, 5) is 0. The predicted octanol–water partition coefficient (Wildman–Crippen LogP) is 6.89. The van der Waals surface area contributed by atoms with Gasteiger partial charge in [-0.15, -0.1) is 9.24 Å². The molecule has 1 unspecified atom stereocenters. The van der Waals surface area contributed by atoms with Crippen LogP contribution >= 0.6 is 9.24 Å². The fourth-order valence-electron chi connectivity index (χ4n) is 4.37.